The Morgan fingerprint density at radius 1 is 1.25 bits per heavy atom. The van der Waals surface area contributed by atoms with Gasteiger partial charge in [0, 0.05) is 11.4 Å². The summed E-state index contributed by atoms with van der Waals surface area (Å²) in [6, 6.07) is 6.45. The molecule has 0 amide bonds. The van der Waals surface area contributed by atoms with E-state index in [2.05, 4.69) is 0 Å². The average molecular weight is 191 g/mol. The summed E-state index contributed by atoms with van der Waals surface area (Å²) in [6.07, 6.45) is -0.232. The fourth-order valence-corrected chi connectivity index (χ4v) is 1.09. The standard InChI is InChI=1S/C9H9ClF2/c1-9(11,12)6-7-2-4-8(10)5-3-7/h2-5H,6H2,1H3. The van der Waals surface area contributed by atoms with Gasteiger partial charge in [0.1, 0.15) is 0 Å². The van der Waals surface area contributed by atoms with Crippen LogP contribution in [0.4, 0.5) is 8.78 Å². The van der Waals surface area contributed by atoms with Crippen molar-refractivity contribution >= 4 is 11.6 Å². The minimum Gasteiger partial charge on any atom is -0.207 e. The predicted molar refractivity (Wildman–Crippen MR) is 45.8 cm³/mol. The molecule has 0 unspecified atom stereocenters. The molecule has 12 heavy (non-hydrogen) atoms. The quantitative estimate of drug-likeness (QED) is 0.669. The predicted octanol–water partition coefficient (Wildman–Crippen LogP) is 3.54. The SMILES string of the molecule is CC(F)(F)Cc1ccc(Cl)cc1. The molecule has 0 aromatic heterocycles. The molecule has 1 aromatic carbocycles. The summed E-state index contributed by atoms with van der Waals surface area (Å²) < 4.78 is 25.0. The van der Waals surface area contributed by atoms with E-state index in [-0.39, 0.29) is 6.42 Å². The van der Waals surface area contributed by atoms with Crippen molar-refractivity contribution in [2.75, 3.05) is 0 Å². The molecule has 3 heteroatoms. The van der Waals surface area contributed by atoms with Gasteiger partial charge < -0.3 is 0 Å². The second kappa shape index (κ2) is 3.40. The molecule has 0 radical (unpaired) electrons. The number of alkyl halides is 2. The van der Waals surface area contributed by atoms with E-state index in [1.165, 1.54) is 0 Å². The molecule has 0 saturated carbocycles. The van der Waals surface area contributed by atoms with Crippen LogP contribution in [0.3, 0.4) is 0 Å². The van der Waals surface area contributed by atoms with Crippen LogP contribution < -0.4 is 0 Å². The molecule has 0 aliphatic carbocycles. The first-order chi connectivity index (χ1) is 5.47. The maximum absolute atomic E-state index is 12.5. The Kier molecular flexibility index (Phi) is 2.68. The van der Waals surface area contributed by atoms with Crippen LogP contribution in [0.1, 0.15) is 12.5 Å². The van der Waals surface area contributed by atoms with Gasteiger partial charge in [-0.1, -0.05) is 23.7 Å². The summed E-state index contributed by atoms with van der Waals surface area (Å²) in [5.74, 6) is -2.65. The van der Waals surface area contributed by atoms with Crippen molar-refractivity contribution in [3.63, 3.8) is 0 Å². The maximum Gasteiger partial charge on any atom is 0.249 e. The Balaban J connectivity index is 2.71. The van der Waals surface area contributed by atoms with Gasteiger partial charge in [0.25, 0.3) is 0 Å². The van der Waals surface area contributed by atoms with Gasteiger partial charge in [-0.15, -0.1) is 0 Å². The second-order valence-electron chi connectivity index (χ2n) is 2.87. The van der Waals surface area contributed by atoms with E-state index in [4.69, 9.17) is 11.6 Å². The van der Waals surface area contributed by atoms with Gasteiger partial charge in [-0.25, -0.2) is 8.78 Å². The van der Waals surface area contributed by atoms with Crippen molar-refractivity contribution in [2.24, 2.45) is 0 Å². The molecule has 66 valence electrons. The van der Waals surface area contributed by atoms with E-state index < -0.39 is 5.92 Å². The molecule has 0 spiro atoms. The number of hydrogen-bond acceptors (Lipinski definition) is 0. The molecule has 0 atom stereocenters. The van der Waals surface area contributed by atoms with Crippen molar-refractivity contribution < 1.29 is 8.78 Å². The Bertz CT molecular complexity index is 248. The second-order valence-corrected chi connectivity index (χ2v) is 3.31. The van der Waals surface area contributed by atoms with E-state index in [0.29, 0.717) is 10.6 Å². The van der Waals surface area contributed by atoms with Crippen molar-refractivity contribution in [1.82, 2.24) is 0 Å². The van der Waals surface area contributed by atoms with Crippen LogP contribution in [0, 0.1) is 0 Å². The molecule has 1 aromatic rings. The highest BCUT2D eigenvalue weighted by molar-refractivity contribution is 6.30. The van der Waals surface area contributed by atoms with Crippen LogP contribution in [0.5, 0.6) is 0 Å². The molecule has 0 N–H and O–H groups in total. The molecular weight excluding hydrogens is 182 g/mol. The largest absolute Gasteiger partial charge is 0.249 e. The Morgan fingerprint density at radius 2 is 1.75 bits per heavy atom. The van der Waals surface area contributed by atoms with Crippen LogP contribution in [0.15, 0.2) is 24.3 Å². The smallest absolute Gasteiger partial charge is 0.207 e. The van der Waals surface area contributed by atoms with Crippen LogP contribution in [-0.2, 0) is 6.42 Å². The lowest BCUT2D eigenvalue weighted by molar-refractivity contribution is 0.0226. The Hall–Kier alpha value is -0.630. The van der Waals surface area contributed by atoms with Gasteiger partial charge in [-0.3, -0.25) is 0 Å². The molecule has 0 heterocycles. The highest BCUT2D eigenvalue weighted by Crippen LogP contribution is 2.19. The van der Waals surface area contributed by atoms with E-state index >= 15 is 0 Å². The lowest BCUT2D eigenvalue weighted by atomic mass is 10.1. The average Bonchev–Trinajstić information content (AvgIpc) is 1.91. The van der Waals surface area contributed by atoms with Crippen LogP contribution in [0.2, 0.25) is 5.02 Å². The summed E-state index contributed by atoms with van der Waals surface area (Å²) >= 11 is 5.60. The van der Waals surface area contributed by atoms with Crippen LogP contribution >= 0.6 is 11.6 Å². The summed E-state index contributed by atoms with van der Waals surface area (Å²) in [5.41, 5.74) is 0.604. The third-order valence-electron chi connectivity index (χ3n) is 1.43. The van der Waals surface area contributed by atoms with Gasteiger partial charge in [0.15, 0.2) is 0 Å². The zero-order valence-corrected chi connectivity index (χ0v) is 7.41. The fourth-order valence-electron chi connectivity index (χ4n) is 0.961. The van der Waals surface area contributed by atoms with E-state index in [1.54, 1.807) is 24.3 Å². The Labute approximate surface area is 75.2 Å². The first kappa shape index (κ1) is 9.46. The van der Waals surface area contributed by atoms with Gasteiger partial charge in [0.2, 0.25) is 5.92 Å². The molecule has 0 nitrogen and oxygen atoms in total. The van der Waals surface area contributed by atoms with Crippen molar-refractivity contribution in [2.45, 2.75) is 19.3 Å². The monoisotopic (exact) mass is 190 g/mol. The highest BCUT2D eigenvalue weighted by atomic mass is 35.5. The molecule has 0 aliphatic heterocycles. The lowest BCUT2D eigenvalue weighted by Crippen LogP contribution is -2.13. The van der Waals surface area contributed by atoms with Gasteiger partial charge in [0.05, 0.1) is 0 Å². The van der Waals surface area contributed by atoms with Crippen molar-refractivity contribution in [3.05, 3.63) is 34.9 Å². The normalized spacial score (nSPS) is 11.7. The van der Waals surface area contributed by atoms with E-state index in [1.807, 2.05) is 0 Å². The summed E-state index contributed by atoms with van der Waals surface area (Å²) in [4.78, 5) is 0. The van der Waals surface area contributed by atoms with Gasteiger partial charge in [-0.2, -0.15) is 0 Å². The topological polar surface area (TPSA) is 0 Å². The van der Waals surface area contributed by atoms with Gasteiger partial charge in [-0.05, 0) is 24.6 Å². The fraction of sp³-hybridized carbons (Fsp3) is 0.333. The highest BCUT2D eigenvalue weighted by Gasteiger charge is 2.21. The molecule has 0 saturated heterocycles. The number of halogens is 3. The molecule has 0 fully saturated rings. The summed E-state index contributed by atoms with van der Waals surface area (Å²) in [6.45, 7) is 0.904. The van der Waals surface area contributed by atoms with Crippen LogP contribution in [0.25, 0.3) is 0 Å². The number of hydrogen-bond donors (Lipinski definition) is 0. The molecule has 1 rings (SSSR count). The zero-order valence-electron chi connectivity index (χ0n) is 6.65. The first-order valence-electron chi connectivity index (χ1n) is 3.60. The number of benzene rings is 1. The minimum absolute atomic E-state index is 0.232. The minimum atomic E-state index is -2.65. The third-order valence-corrected chi connectivity index (χ3v) is 1.68. The van der Waals surface area contributed by atoms with Gasteiger partial charge >= 0.3 is 0 Å². The van der Waals surface area contributed by atoms with Crippen LogP contribution in [-0.4, -0.2) is 5.92 Å². The molecule has 0 bridgehead atoms. The number of rotatable bonds is 2. The lowest BCUT2D eigenvalue weighted by Gasteiger charge is -2.09. The van der Waals surface area contributed by atoms with Crippen molar-refractivity contribution in [3.8, 4) is 0 Å². The molecular formula is C9H9ClF2. The van der Waals surface area contributed by atoms with E-state index in [0.717, 1.165) is 6.92 Å². The summed E-state index contributed by atoms with van der Waals surface area (Å²) in [7, 11) is 0. The molecule has 0 aliphatic rings. The van der Waals surface area contributed by atoms with E-state index in [9.17, 15) is 8.78 Å². The Morgan fingerprint density at radius 3 is 2.17 bits per heavy atom. The zero-order chi connectivity index (χ0) is 9.19. The third kappa shape index (κ3) is 3.18. The first-order valence-corrected chi connectivity index (χ1v) is 3.97. The maximum atomic E-state index is 12.5. The summed E-state index contributed by atoms with van der Waals surface area (Å²) in [5, 5.41) is 0.568. The van der Waals surface area contributed by atoms with Crippen molar-refractivity contribution in [1.29, 1.82) is 0 Å².